The second-order valence-corrected chi connectivity index (χ2v) is 13.6. The van der Waals surface area contributed by atoms with E-state index in [2.05, 4.69) is 144 Å². The lowest BCUT2D eigenvalue weighted by Crippen LogP contribution is -2.24. The highest BCUT2D eigenvalue weighted by atomic mass is 16.3. The molecule has 4 nitrogen and oxygen atoms in total. The van der Waals surface area contributed by atoms with Gasteiger partial charge in [-0.3, -0.25) is 4.98 Å². The first-order valence-electron chi connectivity index (χ1n) is 16.6. The Morgan fingerprint density at radius 2 is 1.55 bits per heavy atom. The van der Waals surface area contributed by atoms with Crippen molar-refractivity contribution in [3.8, 4) is 11.4 Å². The monoisotopic (exact) mass is 607 g/mol. The lowest BCUT2D eigenvalue weighted by atomic mass is 9.73. The van der Waals surface area contributed by atoms with Gasteiger partial charge in [0.1, 0.15) is 11.3 Å². The molecule has 2 aliphatic rings. The minimum absolute atomic E-state index is 0.178. The molecule has 0 radical (unpaired) electrons. The van der Waals surface area contributed by atoms with E-state index >= 15 is 0 Å². The van der Waals surface area contributed by atoms with Gasteiger partial charge in [-0.15, -0.1) is 0 Å². The summed E-state index contributed by atoms with van der Waals surface area (Å²) < 4.78 is 11.2. The summed E-state index contributed by atoms with van der Waals surface area (Å²) in [5.74, 6) is 1.48. The van der Waals surface area contributed by atoms with Gasteiger partial charge in [-0.2, -0.15) is 0 Å². The van der Waals surface area contributed by atoms with Crippen LogP contribution >= 0.6 is 0 Å². The lowest BCUT2D eigenvalue weighted by molar-refractivity contribution is 0.550. The molecule has 0 N–H and O–H groups in total. The molecule has 0 amide bonds. The first kappa shape index (κ1) is 26.6. The van der Waals surface area contributed by atoms with Gasteiger partial charge in [0.25, 0.3) is 0 Å². The second kappa shape index (κ2) is 9.70. The fraction of sp³-hybridized carbons (Fsp3) is 0.140. The van der Waals surface area contributed by atoms with Crippen molar-refractivity contribution in [2.24, 2.45) is 5.92 Å². The van der Waals surface area contributed by atoms with Crippen molar-refractivity contribution in [1.29, 1.82) is 0 Å². The Bertz CT molecular complexity index is 2560. The molecule has 226 valence electrons. The average molecular weight is 608 g/mol. The van der Waals surface area contributed by atoms with Crippen LogP contribution in [0.2, 0.25) is 0 Å². The van der Waals surface area contributed by atoms with Gasteiger partial charge in [-0.1, -0.05) is 68.5 Å². The fourth-order valence-corrected chi connectivity index (χ4v) is 8.18. The van der Waals surface area contributed by atoms with Crippen LogP contribution in [-0.2, 0) is 18.3 Å². The highest BCUT2D eigenvalue weighted by Gasteiger charge is 2.32. The van der Waals surface area contributed by atoms with Crippen LogP contribution in [0.1, 0.15) is 42.0 Å². The summed E-state index contributed by atoms with van der Waals surface area (Å²) in [6.45, 7) is 4.69. The van der Waals surface area contributed by atoms with Crippen molar-refractivity contribution in [1.82, 2.24) is 14.1 Å². The summed E-state index contributed by atoms with van der Waals surface area (Å²) in [5.41, 5.74) is 13.0. The molecule has 2 aliphatic carbocycles. The minimum Gasteiger partial charge on any atom is -0.456 e. The Morgan fingerprint density at radius 3 is 2.47 bits per heavy atom. The van der Waals surface area contributed by atoms with E-state index in [4.69, 9.17) is 9.40 Å². The van der Waals surface area contributed by atoms with Crippen LogP contribution in [0.5, 0.6) is 0 Å². The summed E-state index contributed by atoms with van der Waals surface area (Å²) >= 11 is 0. The molecule has 4 heteroatoms. The molecular formula is C43H33N3O. The SMILES string of the molecule is CC1C=Cc2c(c3cc(C4(C)C=Cc5oc6ccc(-n7c8ccccc8c8ncccc87)cc6c5C4)ccc3n2-c2ccccc2)C1. The van der Waals surface area contributed by atoms with Gasteiger partial charge in [0.15, 0.2) is 0 Å². The summed E-state index contributed by atoms with van der Waals surface area (Å²) in [7, 11) is 0. The Kier molecular flexibility index (Phi) is 5.49. The molecule has 2 unspecified atom stereocenters. The third-order valence-electron chi connectivity index (χ3n) is 10.5. The third kappa shape index (κ3) is 3.85. The molecule has 10 rings (SSSR count). The summed E-state index contributed by atoms with van der Waals surface area (Å²) in [5, 5.41) is 3.70. The van der Waals surface area contributed by atoms with Crippen molar-refractivity contribution in [2.45, 2.75) is 32.1 Å². The smallest absolute Gasteiger partial charge is 0.135 e. The molecule has 4 heterocycles. The van der Waals surface area contributed by atoms with Crippen LogP contribution in [-0.4, -0.2) is 14.1 Å². The first-order valence-corrected chi connectivity index (χ1v) is 16.6. The summed E-state index contributed by atoms with van der Waals surface area (Å²) in [6, 6.07) is 37.2. The van der Waals surface area contributed by atoms with E-state index < -0.39 is 0 Å². The summed E-state index contributed by atoms with van der Waals surface area (Å²) in [4.78, 5) is 4.75. The predicted molar refractivity (Wildman–Crippen MR) is 194 cm³/mol. The normalized spacial score (nSPS) is 18.8. The Labute approximate surface area is 272 Å². The molecule has 0 spiro atoms. The van der Waals surface area contributed by atoms with E-state index in [0.717, 1.165) is 51.8 Å². The van der Waals surface area contributed by atoms with Crippen molar-refractivity contribution >= 4 is 56.0 Å². The Hall–Kier alpha value is -5.61. The van der Waals surface area contributed by atoms with Gasteiger partial charge in [0.2, 0.25) is 0 Å². The van der Waals surface area contributed by atoms with Crippen LogP contribution in [0.4, 0.5) is 0 Å². The number of benzene rings is 4. The van der Waals surface area contributed by atoms with Gasteiger partial charge in [0, 0.05) is 50.4 Å². The van der Waals surface area contributed by atoms with E-state index in [0.29, 0.717) is 5.92 Å². The number of hydrogen-bond acceptors (Lipinski definition) is 2. The zero-order valence-electron chi connectivity index (χ0n) is 26.4. The summed E-state index contributed by atoms with van der Waals surface area (Å²) in [6.07, 6.45) is 13.0. The van der Waals surface area contributed by atoms with E-state index in [1.807, 2.05) is 12.3 Å². The van der Waals surface area contributed by atoms with Crippen molar-refractivity contribution in [3.63, 3.8) is 0 Å². The molecular weight excluding hydrogens is 574 g/mol. The van der Waals surface area contributed by atoms with E-state index in [1.54, 1.807) is 0 Å². The van der Waals surface area contributed by atoms with E-state index in [-0.39, 0.29) is 5.41 Å². The minimum atomic E-state index is -0.178. The van der Waals surface area contributed by atoms with E-state index in [1.165, 1.54) is 44.4 Å². The number of furan rings is 1. The van der Waals surface area contributed by atoms with Gasteiger partial charge in [-0.25, -0.2) is 0 Å². The number of allylic oxidation sites excluding steroid dienone is 2. The maximum absolute atomic E-state index is 6.46. The number of rotatable bonds is 3. The first-order chi connectivity index (χ1) is 23.1. The van der Waals surface area contributed by atoms with Crippen LogP contribution in [0.15, 0.2) is 126 Å². The number of nitrogens with zero attached hydrogens (tertiary/aromatic N) is 3. The quantitative estimate of drug-likeness (QED) is 0.200. The van der Waals surface area contributed by atoms with Crippen LogP contribution < -0.4 is 0 Å². The van der Waals surface area contributed by atoms with E-state index in [9.17, 15) is 0 Å². The van der Waals surface area contributed by atoms with Crippen molar-refractivity contribution < 1.29 is 4.42 Å². The highest BCUT2D eigenvalue weighted by Crippen LogP contribution is 2.44. The molecule has 0 fully saturated rings. The number of hydrogen-bond donors (Lipinski definition) is 0. The highest BCUT2D eigenvalue weighted by molar-refractivity contribution is 6.07. The number of aromatic nitrogens is 3. The largest absolute Gasteiger partial charge is 0.456 e. The van der Waals surface area contributed by atoms with Gasteiger partial charge >= 0.3 is 0 Å². The number of pyridine rings is 1. The van der Waals surface area contributed by atoms with Gasteiger partial charge in [0.05, 0.1) is 22.1 Å². The Balaban J connectivity index is 1.11. The molecule has 2 atom stereocenters. The molecule has 4 aromatic carbocycles. The maximum atomic E-state index is 6.46. The zero-order valence-corrected chi connectivity index (χ0v) is 26.4. The number of para-hydroxylation sites is 2. The molecule has 0 bridgehead atoms. The fourth-order valence-electron chi connectivity index (χ4n) is 8.18. The predicted octanol–water partition coefficient (Wildman–Crippen LogP) is 10.6. The van der Waals surface area contributed by atoms with Crippen LogP contribution in [0, 0.1) is 5.92 Å². The number of fused-ring (bicyclic) bond motifs is 9. The molecule has 0 saturated carbocycles. The van der Waals surface area contributed by atoms with Crippen LogP contribution in [0.3, 0.4) is 0 Å². The third-order valence-corrected chi connectivity index (χ3v) is 10.5. The van der Waals surface area contributed by atoms with Gasteiger partial charge < -0.3 is 13.6 Å². The average Bonchev–Trinajstić information content (AvgIpc) is 3.75. The topological polar surface area (TPSA) is 35.9 Å². The second-order valence-electron chi connectivity index (χ2n) is 13.6. The molecule has 0 saturated heterocycles. The standard InChI is InChI=1S/C43H33N3O/c1-27-14-17-37-32(23-27)33-24-28(15-18-38(33)45(37)29-9-4-3-5-10-29)43(2)21-20-41-35(26-43)34-25-30(16-19-40(34)47-41)46-36-12-7-6-11-31(36)42-39(46)13-8-22-44-42/h3-22,24-25,27H,23,26H2,1-2H3. The van der Waals surface area contributed by atoms with Crippen LogP contribution in [0.25, 0.3) is 67.3 Å². The lowest BCUT2D eigenvalue weighted by Gasteiger charge is -2.29. The Morgan fingerprint density at radius 1 is 0.723 bits per heavy atom. The maximum Gasteiger partial charge on any atom is 0.135 e. The zero-order chi connectivity index (χ0) is 31.3. The van der Waals surface area contributed by atoms with Crippen molar-refractivity contribution in [3.05, 3.63) is 150 Å². The molecule has 0 aliphatic heterocycles. The molecule has 8 aromatic rings. The molecule has 4 aromatic heterocycles. The van der Waals surface area contributed by atoms with Gasteiger partial charge in [-0.05, 0) is 103 Å². The van der Waals surface area contributed by atoms with Crippen molar-refractivity contribution in [2.75, 3.05) is 0 Å². The molecule has 47 heavy (non-hydrogen) atoms.